The minimum absolute atomic E-state index is 0.0196. The molecule has 166 valence electrons. The van der Waals surface area contributed by atoms with Crippen LogP contribution in [0.2, 0.25) is 0 Å². The maximum atomic E-state index is 13.3. The van der Waals surface area contributed by atoms with Gasteiger partial charge in [0.2, 0.25) is 0 Å². The number of alkyl halides is 4. The molecule has 0 saturated heterocycles. The molecule has 1 amide bonds. The van der Waals surface area contributed by atoms with Gasteiger partial charge in [0.05, 0.1) is 11.8 Å². The Hall–Kier alpha value is -3.83. The molecule has 0 aliphatic heterocycles. The van der Waals surface area contributed by atoms with Crippen LogP contribution in [0.3, 0.4) is 0 Å². The van der Waals surface area contributed by atoms with E-state index in [2.05, 4.69) is 27.2 Å². The van der Waals surface area contributed by atoms with Crippen molar-refractivity contribution in [1.82, 2.24) is 14.6 Å². The van der Waals surface area contributed by atoms with E-state index >= 15 is 0 Å². The van der Waals surface area contributed by atoms with Gasteiger partial charge in [-0.15, -0.1) is 11.6 Å². The Bertz CT molecular complexity index is 1420. The zero-order chi connectivity index (χ0) is 23.6. The summed E-state index contributed by atoms with van der Waals surface area (Å²) in [5.74, 6) is 5.17. The van der Waals surface area contributed by atoms with Gasteiger partial charge in [0.15, 0.2) is 5.65 Å². The van der Waals surface area contributed by atoms with Crippen LogP contribution in [0, 0.1) is 18.8 Å². The maximum absolute atomic E-state index is 13.3. The Morgan fingerprint density at radius 1 is 1.15 bits per heavy atom. The number of carbonyl (C=O) groups excluding carboxylic acids is 1. The Labute approximate surface area is 192 Å². The van der Waals surface area contributed by atoms with E-state index in [9.17, 15) is 18.0 Å². The normalized spacial score (nSPS) is 11.2. The molecule has 0 spiro atoms. The largest absolute Gasteiger partial charge is 0.416 e. The van der Waals surface area contributed by atoms with Crippen molar-refractivity contribution in [2.75, 3.05) is 5.32 Å². The summed E-state index contributed by atoms with van der Waals surface area (Å²) in [5.41, 5.74) is 2.02. The molecule has 2 aromatic heterocycles. The van der Waals surface area contributed by atoms with Crippen LogP contribution in [-0.2, 0) is 12.1 Å². The third-order valence-electron chi connectivity index (χ3n) is 4.92. The molecule has 2 aromatic carbocycles. The molecule has 33 heavy (non-hydrogen) atoms. The summed E-state index contributed by atoms with van der Waals surface area (Å²) in [7, 11) is 0. The van der Waals surface area contributed by atoms with Gasteiger partial charge in [-0.25, -0.2) is 9.50 Å². The van der Waals surface area contributed by atoms with Crippen LogP contribution < -0.4 is 5.32 Å². The Kier molecular flexibility index (Phi) is 6.07. The summed E-state index contributed by atoms with van der Waals surface area (Å²) in [6.45, 7) is 1.85. The molecule has 0 aliphatic rings. The van der Waals surface area contributed by atoms with E-state index in [1.807, 2.05) is 6.92 Å². The topological polar surface area (TPSA) is 59.3 Å². The first-order chi connectivity index (χ1) is 15.8. The summed E-state index contributed by atoms with van der Waals surface area (Å²) in [5, 5.41) is 6.71. The van der Waals surface area contributed by atoms with E-state index in [4.69, 9.17) is 11.6 Å². The van der Waals surface area contributed by atoms with Crippen LogP contribution >= 0.6 is 11.6 Å². The second-order valence-corrected chi connectivity index (χ2v) is 7.44. The molecule has 2 heterocycles. The number of hydrogen-bond donors (Lipinski definition) is 1. The van der Waals surface area contributed by atoms with Gasteiger partial charge in [-0.3, -0.25) is 4.79 Å². The number of aryl methyl sites for hydroxylation is 1. The van der Waals surface area contributed by atoms with Crippen molar-refractivity contribution < 1.29 is 18.0 Å². The Balaban J connectivity index is 1.60. The number of aromatic nitrogens is 3. The molecule has 4 aromatic rings. The summed E-state index contributed by atoms with van der Waals surface area (Å²) in [6, 6.07) is 12.0. The zero-order valence-electron chi connectivity index (χ0n) is 17.2. The molecule has 4 rings (SSSR count). The maximum Gasteiger partial charge on any atom is 0.416 e. The standard InChI is InChI=1S/C24H16ClF3N4O/c1-15-4-5-17(11-16(15)7-9-20-14-29-22-3-2-10-30-32(20)22)23(33)31-19-8-6-18(13-25)21(12-19)24(26,27)28/h2-6,8,10-12,14H,13H2,1H3,(H,31,33). The molecule has 0 aliphatic carbocycles. The molecule has 0 unspecified atom stereocenters. The second-order valence-electron chi connectivity index (χ2n) is 7.17. The van der Waals surface area contributed by atoms with E-state index < -0.39 is 17.6 Å². The van der Waals surface area contributed by atoms with Crippen molar-refractivity contribution in [1.29, 1.82) is 0 Å². The lowest BCUT2D eigenvalue weighted by atomic mass is 10.0. The van der Waals surface area contributed by atoms with Crippen molar-refractivity contribution in [3.63, 3.8) is 0 Å². The van der Waals surface area contributed by atoms with Crippen LogP contribution in [0.4, 0.5) is 18.9 Å². The highest BCUT2D eigenvalue weighted by Gasteiger charge is 2.33. The molecular formula is C24H16ClF3N4O. The number of nitrogens with one attached hydrogen (secondary N) is 1. The van der Waals surface area contributed by atoms with E-state index in [0.717, 1.165) is 11.6 Å². The lowest BCUT2D eigenvalue weighted by Gasteiger charge is -2.14. The number of amides is 1. The van der Waals surface area contributed by atoms with Gasteiger partial charge in [0, 0.05) is 28.9 Å². The van der Waals surface area contributed by atoms with Crippen LogP contribution in [0.15, 0.2) is 60.9 Å². The molecule has 9 heteroatoms. The Morgan fingerprint density at radius 3 is 2.73 bits per heavy atom. The summed E-state index contributed by atoms with van der Waals surface area (Å²) in [4.78, 5) is 16.9. The van der Waals surface area contributed by atoms with Crippen molar-refractivity contribution in [2.45, 2.75) is 19.0 Å². The van der Waals surface area contributed by atoms with Crippen molar-refractivity contribution in [3.05, 3.63) is 94.4 Å². The molecule has 0 fully saturated rings. The second kappa shape index (κ2) is 8.96. The van der Waals surface area contributed by atoms with Crippen LogP contribution in [0.5, 0.6) is 0 Å². The summed E-state index contributed by atoms with van der Waals surface area (Å²) >= 11 is 5.61. The molecular weight excluding hydrogens is 453 g/mol. The SMILES string of the molecule is Cc1ccc(C(=O)Nc2ccc(CCl)c(C(F)(F)F)c2)cc1C#Cc1cnc2cccnn12. The average molecular weight is 469 g/mol. The number of hydrogen-bond acceptors (Lipinski definition) is 3. The fraction of sp³-hybridized carbons (Fsp3) is 0.125. The first kappa shape index (κ1) is 22.4. The third kappa shape index (κ3) is 4.83. The lowest BCUT2D eigenvalue weighted by molar-refractivity contribution is -0.138. The van der Waals surface area contributed by atoms with Crippen LogP contribution in [0.25, 0.3) is 5.65 Å². The van der Waals surface area contributed by atoms with E-state index in [-0.39, 0.29) is 22.7 Å². The number of nitrogens with zero attached hydrogens (tertiary/aromatic N) is 3. The number of imidazole rings is 1. The van der Waals surface area contributed by atoms with Gasteiger partial charge in [-0.1, -0.05) is 18.1 Å². The average Bonchev–Trinajstić information content (AvgIpc) is 3.21. The smallest absolute Gasteiger partial charge is 0.322 e. The number of benzene rings is 2. The van der Waals surface area contributed by atoms with Crippen LogP contribution in [0.1, 0.15) is 38.3 Å². The highest BCUT2D eigenvalue weighted by atomic mass is 35.5. The predicted octanol–water partition coefficient (Wildman–Crippen LogP) is 5.45. The van der Waals surface area contributed by atoms with E-state index in [0.29, 0.717) is 16.9 Å². The fourth-order valence-electron chi connectivity index (χ4n) is 3.18. The number of halogens is 4. The van der Waals surface area contributed by atoms with Gasteiger partial charge >= 0.3 is 6.18 Å². The van der Waals surface area contributed by atoms with Gasteiger partial charge in [0.25, 0.3) is 5.91 Å². The van der Waals surface area contributed by atoms with Crippen molar-refractivity contribution in [3.8, 4) is 11.8 Å². The monoisotopic (exact) mass is 468 g/mol. The highest BCUT2D eigenvalue weighted by Crippen LogP contribution is 2.34. The minimum Gasteiger partial charge on any atom is -0.322 e. The van der Waals surface area contributed by atoms with Gasteiger partial charge in [-0.2, -0.15) is 18.3 Å². The first-order valence-corrected chi connectivity index (χ1v) is 10.3. The van der Waals surface area contributed by atoms with Crippen molar-refractivity contribution >= 4 is 28.8 Å². The lowest BCUT2D eigenvalue weighted by Crippen LogP contribution is -2.14. The fourth-order valence-corrected chi connectivity index (χ4v) is 3.41. The quantitative estimate of drug-likeness (QED) is 0.321. The highest BCUT2D eigenvalue weighted by molar-refractivity contribution is 6.17. The predicted molar refractivity (Wildman–Crippen MR) is 119 cm³/mol. The zero-order valence-corrected chi connectivity index (χ0v) is 18.0. The first-order valence-electron chi connectivity index (χ1n) is 9.75. The molecule has 0 radical (unpaired) electrons. The number of rotatable bonds is 3. The molecule has 0 atom stereocenters. The molecule has 1 N–H and O–H groups in total. The minimum atomic E-state index is -4.58. The molecule has 0 bridgehead atoms. The van der Waals surface area contributed by atoms with Crippen LogP contribution in [-0.4, -0.2) is 20.5 Å². The Morgan fingerprint density at radius 2 is 1.97 bits per heavy atom. The van der Waals surface area contributed by atoms with Gasteiger partial charge in [0.1, 0.15) is 5.69 Å². The molecule has 5 nitrogen and oxygen atoms in total. The summed E-state index contributed by atoms with van der Waals surface area (Å²) in [6.07, 6.45) is -1.35. The number of fused-ring (bicyclic) bond motifs is 1. The number of carbonyl (C=O) groups is 1. The van der Waals surface area contributed by atoms with Gasteiger partial charge < -0.3 is 5.32 Å². The van der Waals surface area contributed by atoms with Gasteiger partial charge in [-0.05, 0) is 60.4 Å². The number of anilines is 1. The molecule has 0 saturated carbocycles. The van der Waals surface area contributed by atoms with E-state index in [1.54, 1.807) is 47.2 Å². The van der Waals surface area contributed by atoms with E-state index in [1.165, 1.54) is 12.1 Å². The van der Waals surface area contributed by atoms with Crippen molar-refractivity contribution in [2.24, 2.45) is 0 Å². The summed E-state index contributed by atoms with van der Waals surface area (Å²) < 4.78 is 41.4. The third-order valence-corrected chi connectivity index (χ3v) is 5.21.